The lowest BCUT2D eigenvalue weighted by Crippen LogP contribution is -2.49. The molecule has 6 nitrogen and oxygen atoms in total. The maximum atomic E-state index is 12.9. The van der Waals surface area contributed by atoms with E-state index in [9.17, 15) is 9.59 Å². The summed E-state index contributed by atoms with van der Waals surface area (Å²) in [6, 6.07) is 3.48. The normalized spacial score (nSPS) is 20.1. The van der Waals surface area contributed by atoms with Crippen LogP contribution in [0.3, 0.4) is 0 Å². The van der Waals surface area contributed by atoms with E-state index in [1.165, 1.54) is 0 Å². The number of amides is 2. The molecule has 8 heteroatoms. The van der Waals surface area contributed by atoms with E-state index in [4.69, 9.17) is 0 Å². The van der Waals surface area contributed by atoms with Gasteiger partial charge in [-0.1, -0.05) is 6.92 Å². The van der Waals surface area contributed by atoms with Crippen molar-refractivity contribution >= 4 is 36.6 Å². The molecule has 2 fully saturated rings. The van der Waals surface area contributed by atoms with Crippen LogP contribution in [0, 0.1) is 11.8 Å². The first kappa shape index (κ1) is 24.7. The lowest BCUT2D eigenvalue weighted by molar-refractivity contribution is -0.138. The fourth-order valence-electron chi connectivity index (χ4n) is 4.00. The highest BCUT2D eigenvalue weighted by Crippen LogP contribution is 2.24. The van der Waals surface area contributed by atoms with Gasteiger partial charge in [-0.3, -0.25) is 14.6 Å². The van der Waals surface area contributed by atoms with E-state index in [0.29, 0.717) is 18.0 Å². The van der Waals surface area contributed by atoms with Crippen molar-refractivity contribution < 1.29 is 9.59 Å². The predicted molar refractivity (Wildman–Crippen MR) is 115 cm³/mol. The molecule has 1 aromatic heterocycles. The first-order valence-corrected chi connectivity index (χ1v) is 9.87. The zero-order valence-electron chi connectivity index (χ0n) is 16.5. The van der Waals surface area contributed by atoms with Gasteiger partial charge in [0.05, 0.1) is 5.92 Å². The van der Waals surface area contributed by atoms with Gasteiger partial charge in [0, 0.05) is 44.1 Å². The second-order valence-electron chi connectivity index (χ2n) is 7.40. The predicted octanol–water partition coefficient (Wildman–Crippen LogP) is 2.63. The quantitative estimate of drug-likeness (QED) is 0.779. The van der Waals surface area contributed by atoms with Gasteiger partial charge >= 0.3 is 0 Å². The Balaban J connectivity index is 0.00000196. The molecule has 28 heavy (non-hydrogen) atoms. The summed E-state index contributed by atoms with van der Waals surface area (Å²) in [5.41, 5.74) is 0.650. The molecule has 1 unspecified atom stereocenters. The van der Waals surface area contributed by atoms with Crippen LogP contribution in [0.4, 0.5) is 0 Å². The summed E-state index contributed by atoms with van der Waals surface area (Å²) >= 11 is 0. The van der Waals surface area contributed by atoms with Gasteiger partial charge in [-0.2, -0.15) is 0 Å². The minimum absolute atomic E-state index is 0. The molecule has 158 valence electrons. The van der Waals surface area contributed by atoms with Gasteiger partial charge in [0.15, 0.2) is 0 Å². The number of aromatic nitrogens is 1. The molecule has 0 bridgehead atoms. The van der Waals surface area contributed by atoms with Crippen molar-refractivity contribution in [3.8, 4) is 0 Å². The lowest BCUT2D eigenvalue weighted by Gasteiger charge is -2.38. The summed E-state index contributed by atoms with van der Waals surface area (Å²) in [4.78, 5) is 33.4. The molecule has 0 aliphatic carbocycles. The van der Waals surface area contributed by atoms with Gasteiger partial charge in [0.25, 0.3) is 5.91 Å². The number of hydrogen-bond donors (Lipinski definition) is 1. The molecule has 0 aromatic carbocycles. The van der Waals surface area contributed by atoms with E-state index in [-0.39, 0.29) is 42.5 Å². The number of carbonyl (C=O) groups excluding carboxylic acids is 2. The molecular formula is C20H32Cl2N4O2. The topological polar surface area (TPSA) is 65.5 Å². The zero-order chi connectivity index (χ0) is 18.4. The summed E-state index contributed by atoms with van der Waals surface area (Å²) in [7, 11) is 0. The lowest BCUT2D eigenvalue weighted by atomic mass is 9.92. The van der Waals surface area contributed by atoms with Crippen LogP contribution in [0.15, 0.2) is 24.5 Å². The van der Waals surface area contributed by atoms with Gasteiger partial charge < -0.3 is 15.1 Å². The molecule has 0 spiro atoms. The summed E-state index contributed by atoms with van der Waals surface area (Å²) in [5, 5.41) is 3.41. The number of piperidine rings is 2. The molecule has 0 radical (unpaired) electrons. The minimum Gasteiger partial charge on any atom is -0.342 e. The second kappa shape index (κ2) is 12.2. The van der Waals surface area contributed by atoms with E-state index >= 15 is 0 Å². The van der Waals surface area contributed by atoms with E-state index in [2.05, 4.69) is 17.2 Å². The van der Waals surface area contributed by atoms with Gasteiger partial charge in [-0.25, -0.2) is 0 Å². The first-order chi connectivity index (χ1) is 12.7. The first-order valence-electron chi connectivity index (χ1n) is 9.87. The third kappa shape index (κ3) is 6.33. The Morgan fingerprint density at radius 3 is 2.39 bits per heavy atom. The Morgan fingerprint density at radius 2 is 1.75 bits per heavy atom. The van der Waals surface area contributed by atoms with Crippen molar-refractivity contribution in [2.75, 3.05) is 39.3 Å². The summed E-state index contributed by atoms with van der Waals surface area (Å²) in [6.07, 6.45) is 7.20. The highest BCUT2D eigenvalue weighted by Gasteiger charge is 2.33. The van der Waals surface area contributed by atoms with Gasteiger partial charge in [0.2, 0.25) is 5.91 Å². The molecule has 3 heterocycles. The summed E-state index contributed by atoms with van der Waals surface area (Å²) in [5.74, 6) is 0.864. The number of pyridine rings is 1. The second-order valence-corrected chi connectivity index (χ2v) is 7.40. The van der Waals surface area contributed by atoms with Crippen LogP contribution >= 0.6 is 24.8 Å². The molecular weight excluding hydrogens is 399 g/mol. The van der Waals surface area contributed by atoms with Crippen LogP contribution < -0.4 is 5.32 Å². The minimum atomic E-state index is -0.0557. The Bertz CT molecular complexity index is 609. The Morgan fingerprint density at radius 1 is 1.07 bits per heavy atom. The average Bonchev–Trinajstić information content (AvgIpc) is 2.72. The highest BCUT2D eigenvalue weighted by atomic mass is 35.5. The van der Waals surface area contributed by atoms with Gasteiger partial charge in [0.1, 0.15) is 0 Å². The third-order valence-corrected chi connectivity index (χ3v) is 5.59. The van der Waals surface area contributed by atoms with Gasteiger partial charge in [-0.05, 0) is 56.8 Å². The molecule has 2 amide bonds. The van der Waals surface area contributed by atoms with Crippen molar-refractivity contribution in [3.63, 3.8) is 0 Å². The molecule has 3 rings (SSSR count). The van der Waals surface area contributed by atoms with Crippen molar-refractivity contribution in [2.24, 2.45) is 11.8 Å². The van der Waals surface area contributed by atoms with Crippen LogP contribution in [0.1, 0.15) is 43.0 Å². The van der Waals surface area contributed by atoms with E-state index in [0.717, 1.165) is 58.4 Å². The van der Waals surface area contributed by atoms with Crippen molar-refractivity contribution in [1.29, 1.82) is 0 Å². The number of carbonyl (C=O) groups is 2. The van der Waals surface area contributed by atoms with Gasteiger partial charge in [-0.15, -0.1) is 24.8 Å². The summed E-state index contributed by atoms with van der Waals surface area (Å²) < 4.78 is 0. The van der Waals surface area contributed by atoms with Crippen LogP contribution in [-0.2, 0) is 4.79 Å². The number of halogens is 2. The number of rotatable bonds is 5. The number of likely N-dealkylation sites (tertiary alicyclic amines) is 2. The molecule has 1 atom stereocenters. The Kier molecular flexibility index (Phi) is 10.8. The molecule has 2 aliphatic heterocycles. The van der Waals surface area contributed by atoms with E-state index in [1.54, 1.807) is 24.5 Å². The largest absolute Gasteiger partial charge is 0.342 e. The molecule has 2 saturated heterocycles. The van der Waals surface area contributed by atoms with Crippen molar-refractivity contribution in [2.45, 2.75) is 32.6 Å². The van der Waals surface area contributed by atoms with E-state index < -0.39 is 0 Å². The third-order valence-electron chi connectivity index (χ3n) is 5.59. The molecule has 1 N–H and O–H groups in total. The maximum absolute atomic E-state index is 12.9. The van der Waals surface area contributed by atoms with E-state index in [1.807, 2.05) is 9.80 Å². The summed E-state index contributed by atoms with van der Waals surface area (Å²) in [6.45, 7) is 7.15. The molecule has 0 saturated carbocycles. The van der Waals surface area contributed by atoms with Crippen LogP contribution in [-0.4, -0.2) is 65.9 Å². The molecule has 1 aromatic rings. The average molecular weight is 431 g/mol. The van der Waals surface area contributed by atoms with Crippen molar-refractivity contribution in [3.05, 3.63) is 30.1 Å². The fraction of sp³-hybridized carbons (Fsp3) is 0.650. The smallest absolute Gasteiger partial charge is 0.253 e. The number of hydrogen-bond acceptors (Lipinski definition) is 4. The van der Waals surface area contributed by atoms with Crippen LogP contribution in [0.5, 0.6) is 0 Å². The highest BCUT2D eigenvalue weighted by molar-refractivity contribution is 5.94. The Labute approximate surface area is 180 Å². The fourth-order valence-corrected chi connectivity index (χ4v) is 4.00. The number of nitrogens with zero attached hydrogens (tertiary/aromatic N) is 3. The van der Waals surface area contributed by atoms with Crippen LogP contribution in [0.2, 0.25) is 0 Å². The standard InChI is InChI=1S/C20H30N4O2.2ClH/c1-2-21-14-16-7-12-23(13-8-16)20(26)18-4-3-11-24(15-18)19(25)17-5-9-22-10-6-17;;/h5-6,9-10,16,18,21H,2-4,7-8,11-15H2,1H3;2*1H. The van der Waals surface area contributed by atoms with Crippen molar-refractivity contribution in [1.82, 2.24) is 20.1 Å². The Hall–Kier alpha value is -1.37. The van der Waals surface area contributed by atoms with Crippen LogP contribution in [0.25, 0.3) is 0 Å². The maximum Gasteiger partial charge on any atom is 0.253 e. The number of nitrogens with one attached hydrogen (secondary N) is 1. The monoisotopic (exact) mass is 430 g/mol. The SMILES string of the molecule is CCNCC1CCN(C(=O)C2CCCN(C(=O)c3ccncc3)C2)CC1.Cl.Cl. The zero-order valence-corrected chi connectivity index (χ0v) is 18.1. The molecule has 2 aliphatic rings.